The maximum absolute atomic E-state index is 12.8. The maximum atomic E-state index is 12.8. The van der Waals surface area contributed by atoms with Crippen LogP contribution in [-0.2, 0) is 5.41 Å². The first-order valence-corrected chi connectivity index (χ1v) is 5.37. The largest absolute Gasteiger partial charge is 0.348 e. The summed E-state index contributed by atoms with van der Waals surface area (Å²) in [6, 6.07) is 6.89. The van der Waals surface area contributed by atoms with Crippen molar-refractivity contribution in [2.75, 3.05) is 0 Å². The fourth-order valence-corrected chi connectivity index (χ4v) is 1.44. The molecule has 1 aromatic rings. The Kier molecular flexibility index (Phi) is 3.44. The highest BCUT2D eigenvalue weighted by molar-refractivity contribution is 6.27. The van der Waals surface area contributed by atoms with Gasteiger partial charge in [0.25, 0.3) is 0 Å². The molecule has 0 radical (unpaired) electrons. The molecule has 0 saturated heterocycles. The smallest absolute Gasteiger partial charge is 0.183 e. The van der Waals surface area contributed by atoms with E-state index in [0.29, 0.717) is 5.56 Å². The molecule has 0 aromatic heterocycles. The summed E-state index contributed by atoms with van der Waals surface area (Å²) in [7, 11) is 0. The first-order valence-electron chi connectivity index (χ1n) is 4.99. The standard InChI is InChI=1S/C13H15ClF2/c1-9(13(14,15)16)10-5-7-11(8-6-10)12(2,3)4/h5-8H,1H2,2-4H3. The molecule has 0 unspecified atom stereocenters. The molecule has 1 rings (SSSR count). The van der Waals surface area contributed by atoms with E-state index in [4.69, 9.17) is 11.6 Å². The molecule has 0 fully saturated rings. The molecule has 1 aromatic carbocycles. The number of benzene rings is 1. The van der Waals surface area contributed by atoms with Crippen LogP contribution in [0.25, 0.3) is 5.57 Å². The van der Waals surface area contributed by atoms with Gasteiger partial charge in [0, 0.05) is 5.57 Å². The molecule has 0 nitrogen and oxygen atoms in total. The van der Waals surface area contributed by atoms with Crippen LogP contribution in [0.5, 0.6) is 0 Å². The third kappa shape index (κ3) is 3.05. The van der Waals surface area contributed by atoms with E-state index in [1.807, 2.05) is 12.1 Å². The van der Waals surface area contributed by atoms with Crippen molar-refractivity contribution in [3.05, 3.63) is 42.0 Å². The quantitative estimate of drug-likeness (QED) is 0.654. The molecule has 0 atom stereocenters. The average Bonchev–Trinajstić information content (AvgIpc) is 2.14. The second-order valence-corrected chi connectivity index (χ2v) is 5.28. The molecule has 0 N–H and O–H groups in total. The number of halogens is 3. The third-order valence-corrected chi connectivity index (χ3v) is 2.67. The van der Waals surface area contributed by atoms with E-state index >= 15 is 0 Å². The van der Waals surface area contributed by atoms with Crippen LogP contribution in [0.1, 0.15) is 31.9 Å². The fraction of sp³-hybridized carbons (Fsp3) is 0.385. The SMILES string of the molecule is C=C(c1ccc(C(C)(C)C)cc1)C(F)(F)Cl. The summed E-state index contributed by atoms with van der Waals surface area (Å²) in [5.41, 5.74) is 1.09. The van der Waals surface area contributed by atoms with Gasteiger partial charge in [-0.3, -0.25) is 0 Å². The van der Waals surface area contributed by atoms with Gasteiger partial charge in [-0.05, 0) is 28.1 Å². The number of rotatable bonds is 2. The zero-order valence-electron chi connectivity index (χ0n) is 9.65. The Bertz CT molecular complexity index is 380. The molecule has 0 bridgehead atoms. The Hall–Kier alpha value is -0.890. The van der Waals surface area contributed by atoms with Gasteiger partial charge in [-0.2, -0.15) is 8.78 Å². The van der Waals surface area contributed by atoms with Crippen LogP contribution < -0.4 is 0 Å². The minimum Gasteiger partial charge on any atom is -0.183 e. The van der Waals surface area contributed by atoms with Crippen LogP contribution in [0.3, 0.4) is 0 Å². The lowest BCUT2D eigenvalue weighted by atomic mass is 9.86. The van der Waals surface area contributed by atoms with Gasteiger partial charge < -0.3 is 0 Å². The zero-order chi connectivity index (χ0) is 12.6. The minimum atomic E-state index is -3.39. The summed E-state index contributed by atoms with van der Waals surface area (Å²) < 4.78 is 25.6. The van der Waals surface area contributed by atoms with Crippen molar-refractivity contribution in [2.24, 2.45) is 0 Å². The van der Waals surface area contributed by atoms with E-state index < -0.39 is 5.38 Å². The Labute approximate surface area is 99.9 Å². The summed E-state index contributed by atoms with van der Waals surface area (Å²) in [6.07, 6.45) is 0. The van der Waals surface area contributed by atoms with Crippen molar-refractivity contribution in [2.45, 2.75) is 31.6 Å². The van der Waals surface area contributed by atoms with Crippen LogP contribution in [0.2, 0.25) is 0 Å². The number of allylic oxidation sites excluding steroid dienone is 1. The van der Waals surface area contributed by atoms with E-state index in [0.717, 1.165) is 5.56 Å². The van der Waals surface area contributed by atoms with Gasteiger partial charge in [0.1, 0.15) is 0 Å². The summed E-state index contributed by atoms with van der Waals surface area (Å²) >= 11 is 4.91. The summed E-state index contributed by atoms with van der Waals surface area (Å²) in [6.45, 7) is 9.49. The first-order chi connectivity index (χ1) is 7.12. The number of hydrogen-bond donors (Lipinski definition) is 0. The monoisotopic (exact) mass is 244 g/mol. The fourth-order valence-electron chi connectivity index (χ4n) is 1.34. The molecular formula is C13H15ClF2. The van der Waals surface area contributed by atoms with E-state index in [2.05, 4.69) is 27.4 Å². The summed E-state index contributed by atoms with van der Waals surface area (Å²) in [4.78, 5) is 0. The predicted molar refractivity (Wildman–Crippen MR) is 65.0 cm³/mol. The van der Waals surface area contributed by atoms with Crippen molar-refractivity contribution < 1.29 is 8.78 Å². The number of hydrogen-bond acceptors (Lipinski definition) is 0. The van der Waals surface area contributed by atoms with Gasteiger partial charge in [0.05, 0.1) is 0 Å². The second-order valence-electron chi connectivity index (χ2n) is 4.80. The normalized spacial score (nSPS) is 12.6. The van der Waals surface area contributed by atoms with E-state index in [9.17, 15) is 8.78 Å². The third-order valence-electron chi connectivity index (χ3n) is 2.44. The van der Waals surface area contributed by atoms with Gasteiger partial charge in [-0.1, -0.05) is 51.6 Å². The molecule has 0 saturated carbocycles. The molecule has 0 heterocycles. The van der Waals surface area contributed by atoms with Gasteiger partial charge in [0.15, 0.2) is 0 Å². The van der Waals surface area contributed by atoms with Crippen LogP contribution >= 0.6 is 11.6 Å². The van der Waals surface area contributed by atoms with E-state index in [1.54, 1.807) is 12.1 Å². The van der Waals surface area contributed by atoms with Gasteiger partial charge >= 0.3 is 5.38 Å². The van der Waals surface area contributed by atoms with Crippen molar-refractivity contribution in [3.63, 3.8) is 0 Å². The molecule has 0 spiro atoms. The lowest BCUT2D eigenvalue weighted by Gasteiger charge is -2.20. The molecule has 0 aliphatic rings. The maximum Gasteiger partial charge on any atom is 0.348 e. The Morgan fingerprint density at radius 1 is 1.12 bits per heavy atom. The van der Waals surface area contributed by atoms with Crippen LogP contribution in [0, 0.1) is 0 Å². The number of alkyl halides is 3. The van der Waals surface area contributed by atoms with Gasteiger partial charge in [-0.15, -0.1) is 0 Å². The lowest BCUT2D eigenvalue weighted by molar-refractivity contribution is 0.165. The second kappa shape index (κ2) is 4.17. The highest BCUT2D eigenvalue weighted by atomic mass is 35.5. The van der Waals surface area contributed by atoms with Crippen molar-refractivity contribution in [1.82, 2.24) is 0 Å². The zero-order valence-corrected chi connectivity index (χ0v) is 10.4. The van der Waals surface area contributed by atoms with Crippen molar-refractivity contribution in [1.29, 1.82) is 0 Å². The van der Waals surface area contributed by atoms with E-state index in [1.165, 1.54) is 0 Å². The van der Waals surface area contributed by atoms with E-state index in [-0.39, 0.29) is 11.0 Å². The molecule has 3 heteroatoms. The molecule has 0 aliphatic heterocycles. The van der Waals surface area contributed by atoms with Crippen LogP contribution in [0.15, 0.2) is 30.8 Å². The van der Waals surface area contributed by atoms with Crippen LogP contribution in [-0.4, -0.2) is 5.38 Å². The highest BCUT2D eigenvalue weighted by Crippen LogP contribution is 2.35. The average molecular weight is 245 g/mol. The molecule has 0 aliphatic carbocycles. The predicted octanol–water partition coefficient (Wildman–Crippen LogP) is 4.83. The highest BCUT2D eigenvalue weighted by Gasteiger charge is 2.30. The molecular weight excluding hydrogens is 230 g/mol. The Balaban J connectivity index is 3.01. The van der Waals surface area contributed by atoms with Crippen molar-refractivity contribution >= 4 is 17.2 Å². The van der Waals surface area contributed by atoms with Gasteiger partial charge in [0.2, 0.25) is 0 Å². The minimum absolute atomic E-state index is 0.00332. The Morgan fingerprint density at radius 3 is 1.88 bits per heavy atom. The summed E-state index contributed by atoms with van der Waals surface area (Å²) in [5.74, 6) is 0. The molecule has 0 amide bonds. The van der Waals surface area contributed by atoms with Crippen molar-refractivity contribution in [3.8, 4) is 0 Å². The first kappa shape index (κ1) is 13.2. The molecule has 16 heavy (non-hydrogen) atoms. The molecule has 88 valence electrons. The lowest BCUT2D eigenvalue weighted by Crippen LogP contribution is -2.12. The van der Waals surface area contributed by atoms with Gasteiger partial charge in [-0.25, -0.2) is 0 Å². The Morgan fingerprint density at radius 2 is 1.56 bits per heavy atom. The van der Waals surface area contributed by atoms with Crippen LogP contribution in [0.4, 0.5) is 8.78 Å². The topological polar surface area (TPSA) is 0 Å². The summed E-state index contributed by atoms with van der Waals surface area (Å²) in [5, 5.41) is -3.39.